The number of nitrogens with one attached hydrogen (secondary N) is 2. The van der Waals surface area contributed by atoms with Gasteiger partial charge in [-0.3, -0.25) is 9.59 Å². The summed E-state index contributed by atoms with van der Waals surface area (Å²) in [6, 6.07) is 14.1. The van der Waals surface area contributed by atoms with E-state index < -0.39 is 15.9 Å². The van der Waals surface area contributed by atoms with Crippen molar-refractivity contribution in [3.63, 3.8) is 0 Å². The molecule has 9 nitrogen and oxygen atoms in total. The molecular weight excluding hydrogens is 442 g/mol. The van der Waals surface area contributed by atoms with E-state index in [2.05, 4.69) is 10.6 Å². The summed E-state index contributed by atoms with van der Waals surface area (Å²) in [6.45, 7) is 0.465. The Bertz CT molecular complexity index is 1270. The zero-order chi connectivity index (χ0) is 22.0. The number of primary sulfonamides is 1. The van der Waals surface area contributed by atoms with Gasteiger partial charge in [-0.25, -0.2) is 13.6 Å². The topological polar surface area (TPSA) is 137 Å². The van der Waals surface area contributed by atoms with Gasteiger partial charge < -0.3 is 20.1 Å². The number of amides is 2. The number of ether oxygens (including phenoxy) is 2. The van der Waals surface area contributed by atoms with Crippen molar-refractivity contribution in [2.75, 3.05) is 12.1 Å². The van der Waals surface area contributed by atoms with E-state index in [4.69, 9.17) is 14.6 Å². The van der Waals surface area contributed by atoms with Crippen molar-refractivity contribution in [2.24, 2.45) is 5.14 Å². The molecule has 0 unspecified atom stereocenters. The molecule has 1 aromatic heterocycles. The maximum atomic E-state index is 12.5. The zero-order valence-electron chi connectivity index (χ0n) is 16.0. The number of thiophene rings is 1. The van der Waals surface area contributed by atoms with Gasteiger partial charge in [0.15, 0.2) is 11.5 Å². The van der Waals surface area contributed by atoms with E-state index in [-0.39, 0.29) is 29.8 Å². The van der Waals surface area contributed by atoms with Crippen molar-refractivity contribution in [3.8, 4) is 11.5 Å². The van der Waals surface area contributed by atoms with Crippen LogP contribution in [0.2, 0.25) is 0 Å². The largest absolute Gasteiger partial charge is 0.454 e. The third-order valence-corrected chi connectivity index (χ3v) is 6.36. The molecule has 4 N–H and O–H groups in total. The van der Waals surface area contributed by atoms with Gasteiger partial charge in [0.1, 0.15) is 0 Å². The van der Waals surface area contributed by atoms with E-state index in [1.165, 1.54) is 24.3 Å². The van der Waals surface area contributed by atoms with Gasteiger partial charge in [0, 0.05) is 12.2 Å². The van der Waals surface area contributed by atoms with Crippen LogP contribution in [0, 0.1) is 0 Å². The highest BCUT2D eigenvalue weighted by molar-refractivity contribution is 7.89. The van der Waals surface area contributed by atoms with E-state index >= 15 is 0 Å². The van der Waals surface area contributed by atoms with Crippen molar-refractivity contribution in [1.29, 1.82) is 0 Å². The van der Waals surface area contributed by atoms with Crippen molar-refractivity contribution in [2.45, 2.75) is 11.4 Å². The third-order valence-electron chi connectivity index (χ3n) is 4.36. The Morgan fingerprint density at radius 1 is 0.968 bits per heavy atom. The van der Waals surface area contributed by atoms with Crippen LogP contribution in [0.25, 0.3) is 0 Å². The smallest absolute Gasteiger partial charge is 0.265 e. The van der Waals surface area contributed by atoms with E-state index in [0.717, 1.165) is 16.9 Å². The fourth-order valence-corrected chi connectivity index (χ4v) is 4.22. The third kappa shape index (κ3) is 4.85. The lowest BCUT2D eigenvalue weighted by molar-refractivity contribution is 0.0954. The molecule has 1 aliphatic rings. The lowest BCUT2D eigenvalue weighted by Gasteiger charge is -2.06. The van der Waals surface area contributed by atoms with Crippen LogP contribution in [0.4, 0.5) is 5.69 Å². The van der Waals surface area contributed by atoms with Crippen molar-refractivity contribution >= 4 is 38.9 Å². The van der Waals surface area contributed by atoms with E-state index in [1.807, 2.05) is 6.07 Å². The Hall–Kier alpha value is -3.41. The number of sulfonamides is 1. The molecule has 31 heavy (non-hydrogen) atoms. The second-order valence-electron chi connectivity index (χ2n) is 6.56. The number of rotatable bonds is 6. The van der Waals surface area contributed by atoms with E-state index in [1.54, 1.807) is 24.3 Å². The second-order valence-corrected chi connectivity index (χ2v) is 9.21. The number of hydrogen-bond acceptors (Lipinski definition) is 7. The summed E-state index contributed by atoms with van der Waals surface area (Å²) >= 11 is 1.02. The number of anilines is 1. The molecule has 0 spiro atoms. The fraction of sp³-hybridized carbons (Fsp3) is 0.100. The quantitative estimate of drug-likeness (QED) is 0.517. The van der Waals surface area contributed by atoms with Crippen molar-refractivity contribution in [1.82, 2.24) is 5.32 Å². The van der Waals surface area contributed by atoms with Crippen molar-refractivity contribution in [3.05, 3.63) is 69.9 Å². The molecule has 0 aliphatic carbocycles. The first kappa shape index (κ1) is 20.8. The standard InChI is InChI=1S/C20H17N3O6S2/c21-31(26,27)14-3-1-2-13(9-14)23-20(25)18-7-6-17(30-18)19(24)22-10-12-4-5-15-16(8-12)29-11-28-15/h1-9H,10-11H2,(H,22,24)(H,23,25)(H2,21,26,27). The molecule has 0 fully saturated rings. The van der Waals surface area contributed by atoms with Gasteiger partial charge in [-0.15, -0.1) is 11.3 Å². The number of hydrogen-bond donors (Lipinski definition) is 3. The Balaban J connectivity index is 1.38. The Labute approximate surface area is 181 Å². The van der Waals surface area contributed by atoms with Gasteiger partial charge in [-0.2, -0.15) is 0 Å². The summed E-state index contributed by atoms with van der Waals surface area (Å²) in [4.78, 5) is 25.4. The van der Waals surface area contributed by atoms with E-state index in [0.29, 0.717) is 21.3 Å². The molecule has 2 heterocycles. The van der Waals surface area contributed by atoms with Crippen LogP contribution < -0.4 is 25.2 Å². The first-order chi connectivity index (χ1) is 14.8. The Morgan fingerprint density at radius 3 is 2.48 bits per heavy atom. The molecule has 0 radical (unpaired) electrons. The van der Waals surface area contributed by atoms with Gasteiger partial charge in [0.05, 0.1) is 14.6 Å². The van der Waals surface area contributed by atoms with Crippen LogP contribution in [0.15, 0.2) is 59.5 Å². The number of carbonyl (C=O) groups is 2. The predicted octanol–water partition coefficient (Wildman–Crippen LogP) is 2.31. The van der Waals surface area contributed by atoms with Gasteiger partial charge in [-0.1, -0.05) is 12.1 Å². The highest BCUT2D eigenvalue weighted by Crippen LogP contribution is 2.32. The first-order valence-corrected chi connectivity index (χ1v) is 11.4. The molecule has 1 aliphatic heterocycles. The minimum Gasteiger partial charge on any atom is -0.454 e. The number of benzene rings is 2. The van der Waals surface area contributed by atoms with Gasteiger partial charge in [0.2, 0.25) is 16.8 Å². The van der Waals surface area contributed by atoms with Crippen LogP contribution in [0.1, 0.15) is 24.9 Å². The summed E-state index contributed by atoms with van der Waals surface area (Å²) in [6.07, 6.45) is 0. The number of fused-ring (bicyclic) bond motifs is 1. The highest BCUT2D eigenvalue weighted by Gasteiger charge is 2.16. The molecule has 0 bridgehead atoms. The molecule has 0 saturated heterocycles. The van der Waals surface area contributed by atoms with Crippen LogP contribution in [-0.2, 0) is 16.6 Å². The number of carbonyl (C=O) groups excluding carboxylic acids is 2. The molecule has 2 aromatic carbocycles. The van der Waals surface area contributed by atoms with Gasteiger partial charge in [0.25, 0.3) is 11.8 Å². The van der Waals surface area contributed by atoms with E-state index in [9.17, 15) is 18.0 Å². The average molecular weight is 460 g/mol. The molecule has 3 aromatic rings. The van der Waals surface area contributed by atoms with Crippen LogP contribution in [0.5, 0.6) is 11.5 Å². The molecular formula is C20H17N3O6S2. The SMILES string of the molecule is NS(=O)(=O)c1cccc(NC(=O)c2ccc(C(=O)NCc3ccc4c(c3)OCO4)s2)c1. The van der Waals surface area contributed by atoms with Crippen LogP contribution in [0.3, 0.4) is 0 Å². The maximum Gasteiger partial charge on any atom is 0.265 e. The zero-order valence-corrected chi connectivity index (χ0v) is 17.6. The maximum absolute atomic E-state index is 12.5. The molecule has 0 saturated carbocycles. The fourth-order valence-electron chi connectivity index (χ4n) is 2.85. The minimum absolute atomic E-state index is 0.111. The van der Waals surface area contributed by atoms with Crippen molar-refractivity contribution < 1.29 is 27.5 Å². The lowest BCUT2D eigenvalue weighted by Crippen LogP contribution is -2.21. The molecule has 11 heteroatoms. The summed E-state index contributed by atoms with van der Waals surface area (Å²) in [5.41, 5.74) is 1.13. The minimum atomic E-state index is -3.88. The molecule has 160 valence electrons. The molecule has 4 rings (SSSR count). The van der Waals surface area contributed by atoms with Gasteiger partial charge >= 0.3 is 0 Å². The highest BCUT2D eigenvalue weighted by atomic mass is 32.2. The number of nitrogens with two attached hydrogens (primary N) is 1. The Morgan fingerprint density at radius 2 is 1.71 bits per heavy atom. The summed E-state index contributed by atoms with van der Waals surface area (Å²) in [5, 5.41) is 10.5. The lowest BCUT2D eigenvalue weighted by atomic mass is 10.2. The summed E-state index contributed by atoms with van der Waals surface area (Å²) < 4.78 is 33.5. The van der Waals surface area contributed by atoms with Gasteiger partial charge in [-0.05, 0) is 48.0 Å². The summed E-state index contributed by atoms with van der Waals surface area (Å²) in [5.74, 6) is 0.510. The first-order valence-electron chi connectivity index (χ1n) is 9.00. The molecule has 2 amide bonds. The predicted molar refractivity (Wildman–Crippen MR) is 114 cm³/mol. The second kappa shape index (κ2) is 8.38. The average Bonchev–Trinajstić information content (AvgIpc) is 3.41. The monoisotopic (exact) mass is 459 g/mol. The van der Waals surface area contributed by atoms with Crippen LogP contribution in [-0.4, -0.2) is 27.0 Å². The van der Waals surface area contributed by atoms with Crippen LogP contribution >= 0.6 is 11.3 Å². The normalized spacial score (nSPS) is 12.4. The Kier molecular flexibility index (Phi) is 5.63. The summed E-state index contributed by atoms with van der Waals surface area (Å²) in [7, 11) is -3.88. The molecule has 0 atom stereocenters.